The zero-order valence-corrected chi connectivity index (χ0v) is 12.6. The van der Waals surface area contributed by atoms with Gasteiger partial charge in [-0.2, -0.15) is 0 Å². The lowest BCUT2D eigenvalue weighted by Gasteiger charge is -2.08. The van der Waals surface area contributed by atoms with Crippen LogP contribution in [0.5, 0.6) is 0 Å². The molecule has 1 aliphatic rings. The van der Waals surface area contributed by atoms with Gasteiger partial charge in [0.05, 0.1) is 4.90 Å². The first kappa shape index (κ1) is 14.1. The molecule has 0 saturated heterocycles. The lowest BCUT2D eigenvalue weighted by molar-refractivity contribution is 0.588. The standard InChI is InChI=1S/C16H18N2O2S/c1-17-21(19,20)14-9-7-13(8-10-14)18-16-11-15(16)12-5-3-2-4-6-12/h2-10,15-18H,11H2,1H3. The van der Waals surface area contributed by atoms with Gasteiger partial charge in [-0.25, -0.2) is 13.1 Å². The summed E-state index contributed by atoms with van der Waals surface area (Å²) in [5.74, 6) is 0.548. The van der Waals surface area contributed by atoms with Gasteiger partial charge in [0.25, 0.3) is 0 Å². The molecule has 1 fully saturated rings. The Morgan fingerprint density at radius 3 is 2.29 bits per heavy atom. The molecule has 2 aromatic carbocycles. The van der Waals surface area contributed by atoms with Crippen molar-refractivity contribution in [1.29, 1.82) is 0 Å². The van der Waals surface area contributed by atoms with Crippen LogP contribution in [0, 0.1) is 0 Å². The molecule has 2 aromatic rings. The molecule has 0 bridgehead atoms. The molecule has 4 nitrogen and oxygen atoms in total. The van der Waals surface area contributed by atoms with Gasteiger partial charge < -0.3 is 5.32 Å². The molecule has 5 heteroatoms. The van der Waals surface area contributed by atoms with Gasteiger partial charge in [-0.05, 0) is 43.3 Å². The van der Waals surface area contributed by atoms with Crippen LogP contribution >= 0.6 is 0 Å². The number of hydrogen-bond acceptors (Lipinski definition) is 3. The quantitative estimate of drug-likeness (QED) is 0.892. The molecule has 3 rings (SSSR count). The van der Waals surface area contributed by atoms with E-state index in [4.69, 9.17) is 0 Å². The van der Waals surface area contributed by atoms with Crippen molar-refractivity contribution >= 4 is 15.7 Å². The van der Waals surface area contributed by atoms with Crippen molar-refractivity contribution < 1.29 is 8.42 Å². The highest BCUT2D eigenvalue weighted by molar-refractivity contribution is 7.89. The highest BCUT2D eigenvalue weighted by Gasteiger charge is 2.38. The van der Waals surface area contributed by atoms with Gasteiger partial charge in [0, 0.05) is 17.6 Å². The Hall–Kier alpha value is -1.85. The molecule has 2 atom stereocenters. The summed E-state index contributed by atoms with van der Waals surface area (Å²) < 4.78 is 25.6. The van der Waals surface area contributed by atoms with Gasteiger partial charge in [-0.1, -0.05) is 30.3 Å². The topological polar surface area (TPSA) is 58.2 Å². The Bertz CT molecular complexity index is 712. The normalized spacial score (nSPS) is 21.0. The molecule has 0 spiro atoms. The zero-order valence-electron chi connectivity index (χ0n) is 11.8. The second kappa shape index (κ2) is 5.50. The maximum Gasteiger partial charge on any atom is 0.240 e. The van der Waals surface area contributed by atoms with Crippen molar-refractivity contribution in [2.75, 3.05) is 12.4 Å². The van der Waals surface area contributed by atoms with E-state index in [9.17, 15) is 8.42 Å². The Morgan fingerprint density at radius 2 is 1.67 bits per heavy atom. The minimum atomic E-state index is -3.36. The van der Waals surface area contributed by atoms with Crippen LogP contribution in [0.2, 0.25) is 0 Å². The molecule has 1 aliphatic carbocycles. The fourth-order valence-electron chi connectivity index (χ4n) is 2.49. The molecule has 0 radical (unpaired) electrons. The van der Waals surface area contributed by atoms with Crippen LogP contribution in [0.1, 0.15) is 17.9 Å². The molecule has 0 aromatic heterocycles. The van der Waals surface area contributed by atoms with E-state index in [0.717, 1.165) is 12.1 Å². The van der Waals surface area contributed by atoms with Crippen LogP contribution in [0.25, 0.3) is 0 Å². The van der Waals surface area contributed by atoms with Crippen LogP contribution in [0.3, 0.4) is 0 Å². The van der Waals surface area contributed by atoms with Crippen molar-refractivity contribution in [2.24, 2.45) is 0 Å². The predicted molar refractivity (Wildman–Crippen MR) is 83.9 cm³/mol. The molecule has 2 N–H and O–H groups in total. The van der Waals surface area contributed by atoms with Gasteiger partial charge in [-0.3, -0.25) is 0 Å². The van der Waals surface area contributed by atoms with Crippen LogP contribution in [0.15, 0.2) is 59.5 Å². The summed E-state index contributed by atoms with van der Waals surface area (Å²) >= 11 is 0. The van der Waals surface area contributed by atoms with E-state index in [0.29, 0.717) is 12.0 Å². The van der Waals surface area contributed by atoms with E-state index in [1.807, 2.05) is 18.2 Å². The molecule has 21 heavy (non-hydrogen) atoms. The third-order valence-electron chi connectivity index (χ3n) is 3.80. The summed E-state index contributed by atoms with van der Waals surface area (Å²) in [6.07, 6.45) is 1.11. The number of sulfonamides is 1. The minimum Gasteiger partial charge on any atom is -0.382 e. The lowest BCUT2D eigenvalue weighted by Crippen LogP contribution is -2.18. The van der Waals surface area contributed by atoms with E-state index >= 15 is 0 Å². The SMILES string of the molecule is CNS(=O)(=O)c1ccc(NC2CC2c2ccccc2)cc1. The van der Waals surface area contributed by atoms with Crippen LogP contribution < -0.4 is 10.0 Å². The van der Waals surface area contributed by atoms with Gasteiger partial charge in [0.2, 0.25) is 10.0 Å². The monoisotopic (exact) mass is 302 g/mol. The number of hydrogen-bond donors (Lipinski definition) is 2. The Labute approximate surface area is 125 Å². The van der Waals surface area contributed by atoms with Crippen LogP contribution in [0.4, 0.5) is 5.69 Å². The van der Waals surface area contributed by atoms with Gasteiger partial charge >= 0.3 is 0 Å². The van der Waals surface area contributed by atoms with E-state index in [1.54, 1.807) is 12.1 Å². The molecule has 1 saturated carbocycles. The molecular formula is C16H18N2O2S. The number of benzene rings is 2. The fourth-order valence-corrected chi connectivity index (χ4v) is 3.22. The van der Waals surface area contributed by atoms with Crippen molar-refractivity contribution in [3.05, 3.63) is 60.2 Å². The summed E-state index contributed by atoms with van der Waals surface area (Å²) in [7, 11) is -1.95. The fraction of sp³-hybridized carbons (Fsp3) is 0.250. The van der Waals surface area contributed by atoms with Crippen molar-refractivity contribution in [3.63, 3.8) is 0 Å². The number of nitrogens with one attached hydrogen (secondary N) is 2. The average Bonchev–Trinajstić information content (AvgIpc) is 3.28. The van der Waals surface area contributed by atoms with E-state index in [-0.39, 0.29) is 4.90 Å². The highest BCUT2D eigenvalue weighted by Crippen LogP contribution is 2.42. The largest absolute Gasteiger partial charge is 0.382 e. The molecule has 0 aliphatic heterocycles. The average molecular weight is 302 g/mol. The summed E-state index contributed by atoms with van der Waals surface area (Å²) in [5.41, 5.74) is 2.30. The van der Waals surface area contributed by atoms with Gasteiger partial charge in [0.1, 0.15) is 0 Å². The van der Waals surface area contributed by atoms with Crippen molar-refractivity contribution in [1.82, 2.24) is 4.72 Å². The molecule has 2 unspecified atom stereocenters. The number of rotatable bonds is 5. The zero-order chi connectivity index (χ0) is 14.9. The maximum atomic E-state index is 11.7. The Balaban J connectivity index is 1.65. The second-order valence-electron chi connectivity index (χ2n) is 5.24. The highest BCUT2D eigenvalue weighted by atomic mass is 32.2. The van der Waals surface area contributed by atoms with Gasteiger partial charge in [-0.15, -0.1) is 0 Å². The molecule has 0 heterocycles. The first-order valence-electron chi connectivity index (χ1n) is 6.95. The number of anilines is 1. The third-order valence-corrected chi connectivity index (χ3v) is 5.23. The smallest absolute Gasteiger partial charge is 0.240 e. The van der Waals surface area contributed by atoms with Gasteiger partial charge in [0.15, 0.2) is 0 Å². The summed E-state index contributed by atoms with van der Waals surface area (Å²) in [5, 5.41) is 3.45. The lowest BCUT2D eigenvalue weighted by atomic mass is 10.1. The minimum absolute atomic E-state index is 0.283. The first-order valence-corrected chi connectivity index (χ1v) is 8.43. The van der Waals surface area contributed by atoms with Crippen LogP contribution in [-0.2, 0) is 10.0 Å². The van der Waals surface area contributed by atoms with E-state index in [1.165, 1.54) is 12.6 Å². The molecular weight excluding hydrogens is 284 g/mol. The Kier molecular flexibility index (Phi) is 3.69. The summed E-state index contributed by atoms with van der Waals surface area (Å²) in [4.78, 5) is 0.283. The third kappa shape index (κ3) is 3.09. The summed E-state index contributed by atoms with van der Waals surface area (Å²) in [6, 6.07) is 17.7. The van der Waals surface area contributed by atoms with E-state index < -0.39 is 10.0 Å². The maximum absolute atomic E-state index is 11.7. The molecule has 0 amide bonds. The predicted octanol–water partition coefficient (Wildman–Crippen LogP) is 2.56. The van der Waals surface area contributed by atoms with Crippen molar-refractivity contribution in [3.8, 4) is 0 Å². The summed E-state index contributed by atoms with van der Waals surface area (Å²) in [6.45, 7) is 0. The second-order valence-corrected chi connectivity index (χ2v) is 7.12. The molecule has 110 valence electrons. The Morgan fingerprint density at radius 1 is 1.00 bits per heavy atom. The van der Waals surface area contributed by atoms with Crippen molar-refractivity contribution in [2.45, 2.75) is 23.3 Å². The van der Waals surface area contributed by atoms with Crippen LogP contribution in [-0.4, -0.2) is 21.5 Å². The first-order chi connectivity index (χ1) is 10.1. The van der Waals surface area contributed by atoms with E-state index in [2.05, 4.69) is 34.3 Å².